The summed E-state index contributed by atoms with van der Waals surface area (Å²) in [6.45, 7) is 0. The van der Waals surface area contributed by atoms with Crippen LogP contribution in [0.15, 0.2) is 0 Å². The van der Waals surface area contributed by atoms with Gasteiger partial charge in [-0.3, -0.25) is 0 Å². The van der Waals surface area contributed by atoms with Gasteiger partial charge in [0.1, 0.15) is 0 Å². The van der Waals surface area contributed by atoms with Gasteiger partial charge in [0.25, 0.3) is 0 Å². The molecule has 0 aliphatic heterocycles. The monoisotopic (exact) mass is 448 g/mol. The summed E-state index contributed by atoms with van der Waals surface area (Å²) in [6, 6.07) is 0. The molecule has 0 heterocycles. The Morgan fingerprint density at radius 3 is 0.286 bits per heavy atom. The van der Waals surface area contributed by atoms with Gasteiger partial charge in [0.2, 0.25) is 0 Å². The Balaban J connectivity index is 0. The quantitative estimate of drug-likeness (QED) is 0.469. The molecule has 0 fully saturated rings. The van der Waals surface area contributed by atoms with Crippen molar-refractivity contribution < 1.29 is 121 Å². The van der Waals surface area contributed by atoms with E-state index in [1.54, 1.807) is 0 Å². The van der Waals surface area contributed by atoms with E-state index in [-0.39, 0.29) is 204 Å². The summed E-state index contributed by atoms with van der Waals surface area (Å²) in [5.74, 6) is 0. The van der Waals surface area contributed by atoms with Crippen LogP contribution in [0.4, 0.5) is 0 Å². The van der Waals surface area contributed by atoms with Gasteiger partial charge in [-0.05, 0) is 0 Å². The maximum atomic E-state index is 0. The summed E-state index contributed by atoms with van der Waals surface area (Å²) < 4.78 is 0. The second-order valence-electron chi connectivity index (χ2n) is 0. The van der Waals surface area contributed by atoms with Gasteiger partial charge in [-0.1, -0.05) is 0 Å². The number of hydrogen-bond acceptors (Lipinski definition) is 0. The molecule has 9 radical (unpaired) electrons. The molecule has 0 aliphatic carbocycles. The molecule has 0 unspecified atom stereocenters. The minimum atomic E-state index is 0. The fourth-order valence-corrected chi connectivity index (χ4v) is 0. The largest absolute Gasteiger partial charge is 5.00 e. The van der Waals surface area contributed by atoms with Crippen molar-refractivity contribution in [2.24, 2.45) is 0 Å². The van der Waals surface area contributed by atoms with Gasteiger partial charge in [0, 0.05) is 117 Å². The Morgan fingerprint density at radius 1 is 0.286 bits per heavy atom. The van der Waals surface area contributed by atoms with Crippen molar-refractivity contribution in [1.82, 2.24) is 0 Å². The minimum absolute atomic E-state index is 0. The molecular weight excluding hydrogens is 447 g/mol. The molecule has 14 heavy (non-hydrogen) atoms. The third-order valence-electron chi connectivity index (χ3n) is 0. The summed E-state index contributed by atoms with van der Waals surface area (Å²) >= 11 is 0. The van der Waals surface area contributed by atoms with Crippen molar-refractivity contribution in [1.29, 1.82) is 0 Å². The van der Waals surface area contributed by atoms with E-state index in [1.807, 2.05) is 0 Å². The fraction of sp³-hybridized carbons (Fsp3) is 0. The topological polar surface area (TPSA) is 152 Å². The Bertz CT molecular complexity index is 27.4. The van der Waals surface area contributed by atoms with Gasteiger partial charge in [-0.2, -0.15) is 0 Å². The molecule has 61 valence electrons. The van der Waals surface area contributed by atoms with Gasteiger partial charge in [-0.15, -0.1) is 0 Å². The zero-order valence-corrected chi connectivity index (χ0v) is 19.1. The maximum absolute atomic E-state index is 0. The summed E-state index contributed by atoms with van der Waals surface area (Å²) in [4.78, 5) is 0. The first-order valence-electron chi connectivity index (χ1n) is 0. The van der Waals surface area contributed by atoms with Crippen LogP contribution in [-0.4, -0.2) is 52.1 Å². The Hall–Kier alpha value is 5.29. The summed E-state index contributed by atoms with van der Waals surface area (Å²) in [6.07, 6.45) is 0. The molecule has 0 aromatic heterocycles. The van der Waals surface area contributed by atoms with E-state index in [1.165, 1.54) is 0 Å². The van der Waals surface area contributed by atoms with E-state index < -0.39 is 0 Å². The molecule has 0 atom stereocenters. The average molecular weight is 447 g/mol. The average Bonchev–Trinajstić information content (AvgIpc) is 0. The minimum Gasteiger partial charge on any atom is -3.00 e. The van der Waals surface area contributed by atoms with E-state index in [9.17, 15) is 0 Å². The SMILES string of the molecule is [Al].[Al].[Al].[N-3].[N-3].[N-3].[N-3].[N-3].[Ti].[Ti].[Ti].[V+5].[V+5].[V+5]. The zero-order valence-electron chi connectivity index (χ0n) is 6.81. The second kappa shape index (κ2) is 195. The van der Waals surface area contributed by atoms with Gasteiger partial charge in [-0.25, -0.2) is 0 Å². The molecule has 0 spiro atoms. The van der Waals surface area contributed by atoms with Crippen molar-refractivity contribution in [3.63, 3.8) is 0 Å². The van der Waals surface area contributed by atoms with Gasteiger partial charge < -0.3 is 30.8 Å². The van der Waals surface area contributed by atoms with Crippen LogP contribution in [0.2, 0.25) is 0 Å². The van der Waals surface area contributed by atoms with Crippen LogP contribution in [0, 0.1) is 0 Å². The number of hydrogen-bond donors (Lipinski definition) is 0. The van der Waals surface area contributed by atoms with E-state index >= 15 is 0 Å². The molecule has 0 aliphatic rings. The van der Waals surface area contributed by atoms with Crippen LogP contribution in [0.25, 0.3) is 30.8 Å². The summed E-state index contributed by atoms with van der Waals surface area (Å²) in [5.41, 5.74) is 0. The number of nitrogens with zero attached hydrogens (tertiary/aromatic N) is 5. The van der Waals surface area contributed by atoms with Crippen molar-refractivity contribution in [2.45, 2.75) is 0 Å². The normalized spacial score (nSPS) is 0. The van der Waals surface area contributed by atoms with E-state index in [4.69, 9.17) is 0 Å². The van der Waals surface area contributed by atoms with Crippen LogP contribution in [0.1, 0.15) is 0 Å². The molecule has 0 N–H and O–H groups in total. The molecule has 14 heteroatoms. The number of rotatable bonds is 0. The van der Waals surface area contributed by atoms with Crippen LogP contribution in [0.5, 0.6) is 0 Å². The van der Waals surface area contributed by atoms with Crippen molar-refractivity contribution in [3.05, 3.63) is 30.8 Å². The first-order chi connectivity index (χ1) is 0. The molecule has 0 bridgehead atoms. The van der Waals surface area contributed by atoms with Crippen molar-refractivity contribution in [3.8, 4) is 0 Å². The standard InChI is InChI=1S/3Al.5N.3Ti.3V/q;;;5*-3;;;;3*+5. The summed E-state index contributed by atoms with van der Waals surface area (Å²) in [7, 11) is 0. The third-order valence-corrected chi connectivity index (χ3v) is 0. The van der Waals surface area contributed by atoms with Crippen molar-refractivity contribution in [2.75, 3.05) is 0 Å². The third kappa shape index (κ3) is 164. The molecule has 0 saturated carbocycles. The Kier molecular flexibility index (Phi) is 3210. The Labute approximate surface area is 200 Å². The van der Waals surface area contributed by atoms with E-state index in [2.05, 4.69) is 0 Å². The molecule has 0 aromatic carbocycles. The fourth-order valence-electron chi connectivity index (χ4n) is 0. The van der Waals surface area contributed by atoms with Crippen molar-refractivity contribution >= 4 is 52.1 Å². The van der Waals surface area contributed by atoms with Crippen LogP contribution < -0.4 is 0 Å². The molecular formula is Al3N5Ti3V3. The Morgan fingerprint density at radius 2 is 0.286 bits per heavy atom. The zero-order chi connectivity index (χ0) is 0. The van der Waals surface area contributed by atoms with E-state index in [0.29, 0.717) is 0 Å². The molecule has 5 nitrogen and oxygen atoms in total. The predicted octanol–water partition coefficient (Wildman–Crippen LogP) is 0.286. The molecule has 0 rings (SSSR count). The van der Waals surface area contributed by atoms with Gasteiger partial charge in [0.05, 0.1) is 0 Å². The molecule has 0 saturated heterocycles. The first kappa shape index (κ1) is 230. The summed E-state index contributed by atoms with van der Waals surface area (Å²) in [5, 5.41) is 0. The van der Waals surface area contributed by atoms with Crippen LogP contribution in [0.3, 0.4) is 0 Å². The molecule has 0 amide bonds. The molecule has 0 aromatic rings. The predicted molar refractivity (Wildman–Crippen MR) is 34.1 cm³/mol. The van der Waals surface area contributed by atoms with Gasteiger partial charge >= 0.3 is 55.7 Å². The second-order valence-corrected chi connectivity index (χ2v) is 0. The van der Waals surface area contributed by atoms with E-state index in [0.717, 1.165) is 0 Å². The van der Waals surface area contributed by atoms with Crippen LogP contribution >= 0.6 is 0 Å². The smallest absolute Gasteiger partial charge is 3.00 e. The van der Waals surface area contributed by atoms with Crippen LogP contribution in [-0.2, 0) is 121 Å². The van der Waals surface area contributed by atoms with Gasteiger partial charge in [0.15, 0.2) is 0 Å². The maximum Gasteiger partial charge on any atom is 5.00 e. The first-order valence-corrected chi connectivity index (χ1v) is 0.